The fourth-order valence-corrected chi connectivity index (χ4v) is 8.40. The summed E-state index contributed by atoms with van der Waals surface area (Å²) in [4.78, 5) is 24.5. The SMILES string of the molecule is CCCCCC/C=C\CCCCCCCC(=O)OCCCCCCCCCCCCCCCCC(=O)NC(CO)C(O)CCCCCCCCCCCCCCCCCC. The highest BCUT2D eigenvalue weighted by molar-refractivity contribution is 5.76. The number of carbonyl (C=O) groups is 2. The molecule has 0 radical (unpaired) electrons. The number of rotatable bonds is 50. The van der Waals surface area contributed by atoms with Crippen LogP contribution >= 0.6 is 0 Å². The normalized spacial score (nSPS) is 12.7. The van der Waals surface area contributed by atoms with Crippen molar-refractivity contribution in [2.75, 3.05) is 13.2 Å². The molecule has 60 heavy (non-hydrogen) atoms. The van der Waals surface area contributed by atoms with Crippen LogP contribution in [0.4, 0.5) is 0 Å². The van der Waals surface area contributed by atoms with Crippen LogP contribution in [-0.2, 0) is 14.3 Å². The highest BCUT2D eigenvalue weighted by Crippen LogP contribution is 2.17. The molecular weight excluding hydrogens is 743 g/mol. The Labute approximate surface area is 374 Å². The molecule has 0 fully saturated rings. The number of unbranched alkanes of at least 4 members (excludes halogenated alkanes) is 37. The Morgan fingerprint density at radius 2 is 0.783 bits per heavy atom. The van der Waals surface area contributed by atoms with E-state index in [9.17, 15) is 19.8 Å². The zero-order valence-corrected chi connectivity index (χ0v) is 40.5. The standard InChI is InChI=1S/C54H105NO5/c1-3-5-7-9-11-13-15-17-18-19-23-26-30-34-38-42-46-52(57)51(50-56)55-53(58)47-43-39-35-31-27-24-20-21-25-29-33-37-41-45-49-60-54(59)48-44-40-36-32-28-22-16-14-12-10-8-6-4-2/h14,16,51-52,56-57H,3-13,15,17-50H2,1-2H3,(H,55,58)/b16-14-. The molecule has 0 bridgehead atoms. The van der Waals surface area contributed by atoms with Gasteiger partial charge in [-0.15, -0.1) is 0 Å². The molecule has 0 aliphatic heterocycles. The monoisotopic (exact) mass is 848 g/mol. The summed E-state index contributed by atoms with van der Waals surface area (Å²) in [5.41, 5.74) is 0. The van der Waals surface area contributed by atoms with E-state index in [0.717, 1.165) is 51.4 Å². The number of carbonyl (C=O) groups excluding carboxylic acids is 2. The first-order valence-corrected chi connectivity index (χ1v) is 26.9. The molecule has 0 saturated heterocycles. The van der Waals surface area contributed by atoms with Crippen LogP contribution in [0.25, 0.3) is 0 Å². The lowest BCUT2D eigenvalue weighted by Gasteiger charge is -2.22. The molecule has 3 N–H and O–H groups in total. The van der Waals surface area contributed by atoms with E-state index in [4.69, 9.17) is 4.74 Å². The highest BCUT2D eigenvalue weighted by Gasteiger charge is 2.20. The lowest BCUT2D eigenvalue weighted by molar-refractivity contribution is -0.143. The minimum atomic E-state index is -0.670. The molecule has 0 aromatic carbocycles. The summed E-state index contributed by atoms with van der Waals surface area (Å²) in [7, 11) is 0. The number of hydrogen-bond acceptors (Lipinski definition) is 5. The van der Waals surface area contributed by atoms with E-state index in [2.05, 4.69) is 31.3 Å². The molecule has 0 aliphatic carbocycles. The third kappa shape index (κ3) is 46.1. The van der Waals surface area contributed by atoms with E-state index in [1.54, 1.807) is 0 Å². The Balaban J connectivity index is 3.44. The van der Waals surface area contributed by atoms with E-state index in [0.29, 0.717) is 25.9 Å². The topological polar surface area (TPSA) is 95.9 Å². The van der Waals surface area contributed by atoms with E-state index in [1.807, 2.05) is 0 Å². The highest BCUT2D eigenvalue weighted by atomic mass is 16.5. The van der Waals surface area contributed by atoms with Crippen molar-refractivity contribution in [3.8, 4) is 0 Å². The lowest BCUT2D eigenvalue weighted by atomic mass is 10.0. The van der Waals surface area contributed by atoms with Crippen LogP contribution in [0.15, 0.2) is 12.2 Å². The number of aliphatic hydroxyl groups excluding tert-OH is 2. The van der Waals surface area contributed by atoms with Gasteiger partial charge in [-0.1, -0.05) is 244 Å². The summed E-state index contributed by atoms with van der Waals surface area (Å²) in [5.74, 6) is -0.0549. The third-order valence-corrected chi connectivity index (χ3v) is 12.6. The van der Waals surface area contributed by atoms with Crippen molar-refractivity contribution in [1.82, 2.24) is 5.32 Å². The number of hydrogen-bond donors (Lipinski definition) is 3. The third-order valence-electron chi connectivity index (χ3n) is 12.6. The van der Waals surface area contributed by atoms with Gasteiger partial charge in [0.05, 0.1) is 25.4 Å². The van der Waals surface area contributed by atoms with Gasteiger partial charge in [-0.3, -0.25) is 9.59 Å². The van der Waals surface area contributed by atoms with Gasteiger partial charge in [0.25, 0.3) is 0 Å². The average Bonchev–Trinajstić information content (AvgIpc) is 3.25. The Morgan fingerprint density at radius 1 is 0.450 bits per heavy atom. The number of ether oxygens (including phenoxy) is 1. The van der Waals surface area contributed by atoms with Crippen molar-refractivity contribution >= 4 is 11.9 Å². The molecular formula is C54H105NO5. The van der Waals surface area contributed by atoms with Crippen LogP contribution in [-0.4, -0.2) is 47.4 Å². The molecule has 1 amide bonds. The van der Waals surface area contributed by atoms with E-state index >= 15 is 0 Å². The Hall–Kier alpha value is -1.40. The quantitative estimate of drug-likeness (QED) is 0.0322. The number of esters is 1. The molecule has 6 heteroatoms. The van der Waals surface area contributed by atoms with Crippen molar-refractivity contribution < 1.29 is 24.5 Å². The lowest BCUT2D eigenvalue weighted by Crippen LogP contribution is -2.45. The first-order chi connectivity index (χ1) is 29.5. The molecule has 356 valence electrons. The van der Waals surface area contributed by atoms with E-state index in [1.165, 1.54) is 212 Å². The van der Waals surface area contributed by atoms with Gasteiger partial charge in [-0.05, 0) is 51.4 Å². The van der Waals surface area contributed by atoms with Crippen molar-refractivity contribution in [2.24, 2.45) is 0 Å². The Morgan fingerprint density at radius 3 is 1.20 bits per heavy atom. The van der Waals surface area contributed by atoms with Gasteiger partial charge < -0.3 is 20.3 Å². The van der Waals surface area contributed by atoms with Crippen molar-refractivity contribution in [2.45, 2.75) is 309 Å². The number of amides is 1. The van der Waals surface area contributed by atoms with Crippen molar-refractivity contribution in [3.05, 3.63) is 12.2 Å². The second-order valence-corrected chi connectivity index (χ2v) is 18.6. The molecule has 2 unspecified atom stereocenters. The maximum absolute atomic E-state index is 12.5. The zero-order chi connectivity index (χ0) is 43.7. The van der Waals surface area contributed by atoms with Crippen LogP contribution < -0.4 is 5.32 Å². The molecule has 0 aromatic heterocycles. The molecule has 0 saturated carbocycles. The predicted octanol–water partition coefficient (Wildman–Crippen LogP) is 16.1. The summed E-state index contributed by atoms with van der Waals surface area (Å²) in [6.07, 6.45) is 57.5. The van der Waals surface area contributed by atoms with E-state index < -0.39 is 12.1 Å². The van der Waals surface area contributed by atoms with Gasteiger partial charge in [-0.25, -0.2) is 0 Å². The smallest absolute Gasteiger partial charge is 0.305 e. The molecule has 0 rings (SSSR count). The van der Waals surface area contributed by atoms with Gasteiger partial charge >= 0.3 is 5.97 Å². The van der Waals surface area contributed by atoms with Crippen LogP contribution in [0.5, 0.6) is 0 Å². The largest absolute Gasteiger partial charge is 0.466 e. The summed E-state index contributed by atoms with van der Waals surface area (Å²) in [5, 5.41) is 23.3. The van der Waals surface area contributed by atoms with Gasteiger partial charge in [0.15, 0.2) is 0 Å². The predicted molar refractivity (Wildman–Crippen MR) is 260 cm³/mol. The van der Waals surface area contributed by atoms with Crippen LogP contribution in [0, 0.1) is 0 Å². The fourth-order valence-electron chi connectivity index (χ4n) is 8.40. The molecule has 0 aliphatic rings. The fraction of sp³-hybridized carbons (Fsp3) is 0.926. The zero-order valence-electron chi connectivity index (χ0n) is 40.5. The van der Waals surface area contributed by atoms with Gasteiger partial charge in [0.2, 0.25) is 5.91 Å². The minimum absolute atomic E-state index is 0.0110. The van der Waals surface area contributed by atoms with Gasteiger partial charge in [-0.2, -0.15) is 0 Å². The number of allylic oxidation sites excluding steroid dienone is 2. The molecule has 0 heterocycles. The maximum Gasteiger partial charge on any atom is 0.305 e. The second-order valence-electron chi connectivity index (χ2n) is 18.6. The first-order valence-electron chi connectivity index (χ1n) is 26.9. The summed E-state index contributed by atoms with van der Waals surface area (Å²) in [6, 6.07) is -0.549. The summed E-state index contributed by atoms with van der Waals surface area (Å²) < 4.78 is 5.46. The van der Waals surface area contributed by atoms with E-state index in [-0.39, 0.29) is 18.5 Å². The van der Waals surface area contributed by atoms with Crippen molar-refractivity contribution in [1.29, 1.82) is 0 Å². The molecule has 2 atom stereocenters. The second kappa shape index (κ2) is 50.2. The summed E-state index contributed by atoms with van der Waals surface area (Å²) >= 11 is 0. The molecule has 0 aromatic rings. The van der Waals surface area contributed by atoms with Crippen LogP contribution in [0.2, 0.25) is 0 Å². The molecule has 0 spiro atoms. The molecule has 6 nitrogen and oxygen atoms in total. The average molecular weight is 848 g/mol. The Kier molecular flexibility index (Phi) is 49.1. The first kappa shape index (κ1) is 58.6. The van der Waals surface area contributed by atoms with Gasteiger partial charge in [0.1, 0.15) is 0 Å². The summed E-state index contributed by atoms with van der Waals surface area (Å²) in [6.45, 7) is 4.92. The number of aliphatic hydroxyl groups is 2. The maximum atomic E-state index is 12.5. The minimum Gasteiger partial charge on any atom is -0.466 e. The van der Waals surface area contributed by atoms with Crippen molar-refractivity contribution in [3.63, 3.8) is 0 Å². The van der Waals surface area contributed by atoms with Gasteiger partial charge in [0, 0.05) is 12.8 Å². The van der Waals surface area contributed by atoms with Crippen LogP contribution in [0.3, 0.4) is 0 Å². The van der Waals surface area contributed by atoms with Crippen LogP contribution in [0.1, 0.15) is 296 Å². The number of nitrogens with one attached hydrogen (secondary N) is 1. The Bertz CT molecular complexity index is 893.